The van der Waals surface area contributed by atoms with E-state index in [0.717, 1.165) is 31.7 Å². The van der Waals surface area contributed by atoms with Crippen LogP contribution in [-0.2, 0) is 0 Å². The highest BCUT2D eigenvalue weighted by molar-refractivity contribution is 5.40. The molecule has 0 aliphatic heterocycles. The molecular formula is C11H20N4O. The lowest BCUT2D eigenvalue weighted by Gasteiger charge is -2.22. The fourth-order valence-corrected chi connectivity index (χ4v) is 1.51. The van der Waals surface area contributed by atoms with Crippen molar-refractivity contribution in [2.45, 2.75) is 19.8 Å². The van der Waals surface area contributed by atoms with Gasteiger partial charge in [-0.3, -0.25) is 0 Å². The second-order valence-electron chi connectivity index (χ2n) is 3.55. The van der Waals surface area contributed by atoms with Gasteiger partial charge in [0.1, 0.15) is 12.1 Å². The number of aromatic nitrogens is 2. The molecule has 90 valence electrons. The second kappa shape index (κ2) is 7.00. The van der Waals surface area contributed by atoms with Crippen LogP contribution in [-0.4, -0.2) is 36.7 Å². The van der Waals surface area contributed by atoms with Crippen molar-refractivity contribution < 1.29 is 4.74 Å². The molecule has 0 fully saturated rings. The molecular weight excluding hydrogens is 204 g/mol. The predicted octanol–water partition coefficient (Wildman–Crippen LogP) is 1.05. The van der Waals surface area contributed by atoms with Gasteiger partial charge in [-0.15, -0.1) is 0 Å². The summed E-state index contributed by atoms with van der Waals surface area (Å²) >= 11 is 0. The minimum Gasteiger partial charge on any atom is -0.481 e. The van der Waals surface area contributed by atoms with Crippen molar-refractivity contribution in [3.05, 3.63) is 12.4 Å². The first-order valence-electron chi connectivity index (χ1n) is 5.62. The molecule has 5 nitrogen and oxygen atoms in total. The Labute approximate surface area is 96.6 Å². The molecule has 0 atom stereocenters. The number of hydrogen-bond donors (Lipinski definition) is 1. The van der Waals surface area contributed by atoms with Crippen molar-refractivity contribution in [3.8, 4) is 5.88 Å². The molecule has 1 rings (SSSR count). The van der Waals surface area contributed by atoms with E-state index in [2.05, 4.69) is 21.8 Å². The van der Waals surface area contributed by atoms with Crippen LogP contribution in [0.2, 0.25) is 0 Å². The van der Waals surface area contributed by atoms with Crippen molar-refractivity contribution in [2.24, 2.45) is 5.73 Å². The van der Waals surface area contributed by atoms with Crippen LogP contribution in [0.25, 0.3) is 0 Å². The van der Waals surface area contributed by atoms with E-state index in [0.29, 0.717) is 12.4 Å². The smallest absolute Gasteiger partial charge is 0.218 e. The fourth-order valence-electron chi connectivity index (χ4n) is 1.51. The average molecular weight is 224 g/mol. The van der Waals surface area contributed by atoms with Gasteiger partial charge in [-0.1, -0.05) is 6.92 Å². The maximum Gasteiger partial charge on any atom is 0.218 e. The zero-order valence-corrected chi connectivity index (χ0v) is 10.0. The summed E-state index contributed by atoms with van der Waals surface area (Å²) < 4.78 is 5.09. The molecule has 0 radical (unpaired) electrons. The van der Waals surface area contributed by atoms with Crippen LogP contribution in [0, 0.1) is 0 Å². The normalized spacial score (nSPS) is 10.2. The van der Waals surface area contributed by atoms with Crippen LogP contribution in [0.5, 0.6) is 5.88 Å². The number of nitrogens with zero attached hydrogens (tertiary/aromatic N) is 3. The van der Waals surface area contributed by atoms with Gasteiger partial charge >= 0.3 is 0 Å². The van der Waals surface area contributed by atoms with Gasteiger partial charge in [-0.25, -0.2) is 9.97 Å². The number of nitrogens with two attached hydrogens (primary N) is 1. The van der Waals surface area contributed by atoms with Crippen LogP contribution >= 0.6 is 0 Å². The molecule has 0 unspecified atom stereocenters. The maximum atomic E-state index is 5.52. The third-order valence-corrected chi connectivity index (χ3v) is 2.29. The Kier molecular flexibility index (Phi) is 5.56. The van der Waals surface area contributed by atoms with E-state index in [1.54, 1.807) is 7.11 Å². The fraction of sp³-hybridized carbons (Fsp3) is 0.636. The Balaban J connectivity index is 2.73. The molecule has 0 bridgehead atoms. The lowest BCUT2D eigenvalue weighted by Crippen LogP contribution is -2.27. The van der Waals surface area contributed by atoms with Crippen LogP contribution < -0.4 is 15.4 Å². The lowest BCUT2D eigenvalue weighted by molar-refractivity contribution is 0.396. The van der Waals surface area contributed by atoms with Crippen molar-refractivity contribution in [2.75, 3.05) is 31.6 Å². The monoisotopic (exact) mass is 224 g/mol. The molecule has 16 heavy (non-hydrogen) atoms. The molecule has 0 saturated carbocycles. The summed E-state index contributed by atoms with van der Waals surface area (Å²) in [6.45, 7) is 4.74. The van der Waals surface area contributed by atoms with Crippen molar-refractivity contribution in [1.82, 2.24) is 9.97 Å². The Hall–Kier alpha value is -1.36. The van der Waals surface area contributed by atoms with E-state index < -0.39 is 0 Å². The van der Waals surface area contributed by atoms with Gasteiger partial charge < -0.3 is 15.4 Å². The SMILES string of the molecule is CCCN(CCCN)c1cc(OC)ncn1. The standard InChI is InChI=1S/C11H20N4O/c1-3-6-15(7-4-5-12)10-8-11(16-2)14-9-13-10/h8-9H,3-7,12H2,1-2H3. The summed E-state index contributed by atoms with van der Waals surface area (Å²) in [4.78, 5) is 10.5. The predicted molar refractivity (Wildman–Crippen MR) is 64.8 cm³/mol. The van der Waals surface area contributed by atoms with Gasteiger partial charge in [0, 0.05) is 19.2 Å². The first-order valence-corrected chi connectivity index (χ1v) is 5.62. The van der Waals surface area contributed by atoms with Gasteiger partial charge in [-0.05, 0) is 19.4 Å². The molecule has 0 aliphatic rings. The molecule has 0 aromatic carbocycles. The highest BCUT2D eigenvalue weighted by Crippen LogP contribution is 2.15. The van der Waals surface area contributed by atoms with E-state index in [4.69, 9.17) is 10.5 Å². The number of anilines is 1. The Morgan fingerprint density at radius 3 is 2.81 bits per heavy atom. The Morgan fingerprint density at radius 1 is 1.38 bits per heavy atom. The molecule has 5 heteroatoms. The zero-order chi connectivity index (χ0) is 11.8. The number of hydrogen-bond acceptors (Lipinski definition) is 5. The van der Waals surface area contributed by atoms with Crippen LogP contribution in [0.3, 0.4) is 0 Å². The van der Waals surface area contributed by atoms with E-state index >= 15 is 0 Å². The average Bonchev–Trinajstić information content (AvgIpc) is 2.34. The summed E-state index contributed by atoms with van der Waals surface area (Å²) in [5.74, 6) is 1.50. The van der Waals surface area contributed by atoms with Crippen LogP contribution in [0.15, 0.2) is 12.4 Å². The first kappa shape index (κ1) is 12.7. The van der Waals surface area contributed by atoms with E-state index in [-0.39, 0.29) is 0 Å². The zero-order valence-electron chi connectivity index (χ0n) is 10.0. The molecule has 0 saturated heterocycles. The summed E-state index contributed by atoms with van der Waals surface area (Å²) in [7, 11) is 1.61. The molecule has 2 N–H and O–H groups in total. The summed E-state index contributed by atoms with van der Waals surface area (Å²) in [6, 6.07) is 1.85. The summed E-state index contributed by atoms with van der Waals surface area (Å²) in [6.07, 6.45) is 3.57. The van der Waals surface area contributed by atoms with Crippen molar-refractivity contribution >= 4 is 5.82 Å². The van der Waals surface area contributed by atoms with Gasteiger partial charge in [-0.2, -0.15) is 0 Å². The van der Waals surface area contributed by atoms with Gasteiger partial charge in [0.2, 0.25) is 5.88 Å². The number of ether oxygens (including phenoxy) is 1. The Bertz CT molecular complexity index is 306. The van der Waals surface area contributed by atoms with Crippen molar-refractivity contribution in [1.29, 1.82) is 0 Å². The third-order valence-electron chi connectivity index (χ3n) is 2.29. The maximum absolute atomic E-state index is 5.52. The second-order valence-corrected chi connectivity index (χ2v) is 3.55. The highest BCUT2D eigenvalue weighted by atomic mass is 16.5. The minimum absolute atomic E-state index is 0.596. The van der Waals surface area contributed by atoms with Crippen LogP contribution in [0.1, 0.15) is 19.8 Å². The third kappa shape index (κ3) is 3.66. The highest BCUT2D eigenvalue weighted by Gasteiger charge is 2.07. The van der Waals surface area contributed by atoms with E-state index in [1.807, 2.05) is 6.07 Å². The van der Waals surface area contributed by atoms with Gasteiger partial charge in [0.25, 0.3) is 0 Å². The number of rotatable bonds is 7. The van der Waals surface area contributed by atoms with Gasteiger partial charge in [0.05, 0.1) is 7.11 Å². The summed E-state index contributed by atoms with van der Waals surface area (Å²) in [5.41, 5.74) is 5.52. The van der Waals surface area contributed by atoms with Crippen molar-refractivity contribution in [3.63, 3.8) is 0 Å². The largest absolute Gasteiger partial charge is 0.481 e. The molecule has 0 aliphatic carbocycles. The van der Waals surface area contributed by atoms with Crippen LogP contribution in [0.4, 0.5) is 5.82 Å². The molecule has 0 amide bonds. The van der Waals surface area contributed by atoms with E-state index in [1.165, 1.54) is 6.33 Å². The Morgan fingerprint density at radius 2 is 2.19 bits per heavy atom. The topological polar surface area (TPSA) is 64.3 Å². The quantitative estimate of drug-likeness (QED) is 0.750. The molecule has 1 aromatic rings. The lowest BCUT2D eigenvalue weighted by atomic mass is 10.3. The summed E-state index contributed by atoms with van der Waals surface area (Å²) in [5, 5.41) is 0. The number of methoxy groups -OCH3 is 1. The minimum atomic E-state index is 0.596. The first-order chi connectivity index (χ1) is 7.81. The molecule has 1 aromatic heterocycles. The molecule has 0 spiro atoms. The van der Waals surface area contributed by atoms with Gasteiger partial charge in [0.15, 0.2) is 0 Å². The van der Waals surface area contributed by atoms with E-state index in [9.17, 15) is 0 Å². The molecule has 1 heterocycles.